The zero-order valence-electron chi connectivity index (χ0n) is 7.06. The second-order valence-electron chi connectivity index (χ2n) is 2.96. The highest BCUT2D eigenvalue weighted by Gasteiger charge is 2.18. The Morgan fingerprint density at radius 1 is 1.54 bits per heavy atom. The number of fused-ring (bicyclic) bond motifs is 1. The zero-order chi connectivity index (χ0) is 9.42. The van der Waals surface area contributed by atoms with Crippen LogP contribution in [0.25, 0.3) is 0 Å². The lowest BCUT2D eigenvalue weighted by Gasteiger charge is -2.19. The van der Waals surface area contributed by atoms with E-state index in [1.165, 1.54) is 0 Å². The number of carbonyl (C=O) groups excluding carboxylic acids is 1. The van der Waals surface area contributed by atoms with Gasteiger partial charge in [0, 0.05) is 4.47 Å². The highest BCUT2D eigenvalue weighted by atomic mass is 79.9. The fourth-order valence-corrected chi connectivity index (χ4v) is 1.92. The van der Waals surface area contributed by atoms with E-state index >= 15 is 0 Å². The Kier molecular flexibility index (Phi) is 2.00. The maximum atomic E-state index is 11.0. The molecule has 0 radical (unpaired) electrons. The van der Waals surface area contributed by atoms with Gasteiger partial charge in [0.1, 0.15) is 5.75 Å². The SMILES string of the molecule is Cc1cc(Br)c2c(c1)OCC(=O)N2. The van der Waals surface area contributed by atoms with Crippen molar-refractivity contribution in [3.05, 3.63) is 22.2 Å². The summed E-state index contributed by atoms with van der Waals surface area (Å²) in [6, 6.07) is 3.84. The van der Waals surface area contributed by atoms with Crippen molar-refractivity contribution in [1.82, 2.24) is 0 Å². The number of amides is 1. The van der Waals surface area contributed by atoms with E-state index in [9.17, 15) is 4.79 Å². The van der Waals surface area contributed by atoms with Crippen molar-refractivity contribution in [2.24, 2.45) is 0 Å². The van der Waals surface area contributed by atoms with Crippen molar-refractivity contribution < 1.29 is 9.53 Å². The number of ether oxygens (including phenoxy) is 1. The van der Waals surface area contributed by atoms with Gasteiger partial charge >= 0.3 is 0 Å². The number of benzene rings is 1. The molecule has 1 amide bonds. The summed E-state index contributed by atoms with van der Waals surface area (Å²) in [4.78, 5) is 11.0. The van der Waals surface area contributed by atoms with Gasteiger partial charge < -0.3 is 10.1 Å². The van der Waals surface area contributed by atoms with E-state index in [-0.39, 0.29) is 12.5 Å². The Labute approximate surface area is 84.2 Å². The molecule has 0 saturated carbocycles. The van der Waals surface area contributed by atoms with Gasteiger partial charge in [-0.05, 0) is 40.5 Å². The topological polar surface area (TPSA) is 38.3 Å². The van der Waals surface area contributed by atoms with E-state index in [2.05, 4.69) is 21.2 Å². The van der Waals surface area contributed by atoms with Crippen molar-refractivity contribution in [3.63, 3.8) is 0 Å². The van der Waals surface area contributed by atoms with Gasteiger partial charge in [0.25, 0.3) is 5.91 Å². The average Bonchev–Trinajstić information content (AvgIpc) is 2.06. The first-order chi connectivity index (χ1) is 6.16. The third kappa shape index (κ3) is 1.54. The maximum absolute atomic E-state index is 11.0. The van der Waals surface area contributed by atoms with Crippen LogP contribution in [0.4, 0.5) is 5.69 Å². The first-order valence-corrected chi connectivity index (χ1v) is 4.69. The molecule has 0 fully saturated rings. The van der Waals surface area contributed by atoms with E-state index in [4.69, 9.17) is 4.74 Å². The van der Waals surface area contributed by atoms with Gasteiger partial charge in [0.2, 0.25) is 0 Å². The summed E-state index contributed by atoms with van der Waals surface area (Å²) in [5.41, 5.74) is 1.82. The van der Waals surface area contributed by atoms with Crippen LogP contribution in [0.2, 0.25) is 0 Å². The van der Waals surface area contributed by atoms with Crippen LogP contribution in [0, 0.1) is 6.92 Å². The average molecular weight is 242 g/mol. The van der Waals surface area contributed by atoms with Crippen molar-refractivity contribution in [3.8, 4) is 5.75 Å². The molecule has 0 saturated heterocycles. The largest absolute Gasteiger partial charge is 0.482 e. The maximum Gasteiger partial charge on any atom is 0.262 e. The number of nitrogens with one attached hydrogen (secondary N) is 1. The molecule has 1 aliphatic heterocycles. The molecular weight excluding hydrogens is 234 g/mol. The molecule has 1 aromatic carbocycles. The molecule has 68 valence electrons. The predicted molar refractivity (Wildman–Crippen MR) is 53.0 cm³/mol. The first kappa shape index (κ1) is 8.56. The molecule has 0 bridgehead atoms. The smallest absolute Gasteiger partial charge is 0.262 e. The minimum absolute atomic E-state index is 0.100. The predicted octanol–water partition coefficient (Wildman–Crippen LogP) is 2.09. The molecule has 0 spiro atoms. The fraction of sp³-hybridized carbons (Fsp3) is 0.222. The number of aryl methyl sites for hydroxylation is 1. The summed E-state index contributed by atoms with van der Waals surface area (Å²) in [7, 11) is 0. The summed E-state index contributed by atoms with van der Waals surface area (Å²) in [6.07, 6.45) is 0. The highest BCUT2D eigenvalue weighted by Crippen LogP contribution is 2.35. The number of anilines is 1. The van der Waals surface area contributed by atoms with Crippen molar-refractivity contribution in [2.45, 2.75) is 6.92 Å². The Hall–Kier alpha value is -1.03. The van der Waals surface area contributed by atoms with Crippen LogP contribution < -0.4 is 10.1 Å². The Morgan fingerprint density at radius 3 is 3.08 bits per heavy atom. The zero-order valence-corrected chi connectivity index (χ0v) is 8.64. The molecule has 1 aliphatic rings. The summed E-state index contributed by atoms with van der Waals surface area (Å²) in [5.74, 6) is 0.614. The Morgan fingerprint density at radius 2 is 2.31 bits per heavy atom. The van der Waals surface area contributed by atoms with Crippen LogP contribution in [0.5, 0.6) is 5.75 Å². The number of rotatable bonds is 0. The molecule has 2 rings (SSSR count). The summed E-state index contributed by atoms with van der Waals surface area (Å²) < 4.78 is 6.11. The van der Waals surface area contributed by atoms with Crippen molar-refractivity contribution in [2.75, 3.05) is 11.9 Å². The van der Waals surface area contributed by atoms with Crippen LogP contribution in [-0.2, 0) is 4.79 Å². The molecule has 3 nitrogen and oxygen atoms in total. The van der Waals surface area contributed by atoms with Gasteiger partial charge in [-0.15, -0.1) is 0 Å². The van der Waals surface area contributed by atoms with Gasteiger partial charge in [0.15, 0.2) is 6.61 Å². The molecular formula is C9H8BrNO2. The molecule has 1 N–H and O–H groups in total. The molecule has 1 aromatic rings. The van der Waals surface area contributed by atoms with E-state index in [1.54, 1.807) is 0 Å². The Bertz CT molecular complexity index is 376. The highest BCUT2D eigenvalue weighted by molar-refractivity contribution is 9.10. The van der Waals surface area contributed by atoms with Crippen molar-refractivity contribution in [1.29, 1.82) is 0 Å². The number of halogens is 1. The minimum Gasteiger partial charge on any atom is -0.482 e. The molecule has 0 aliphatic carbocycles. The summed E-state index contributed by atoms with van der Waals surface area (Å²) >= 11 is 3.37. The molecule has 4 heteroatoms. The lowest BCUT2D eigenvalue weighted by Crippen LogP contribution is -2.25. The monoisotopic (exact) mass is 241 g/mol. The second kappa shape index (κ2) is 3.03. The normalized spacial score (nSPS) is 14.5. The summed E-state index contributed by atoms with van der Waals surface area (Å²) in [6.45, 7) is 2.08. The number of hydrogen-bond acceptors (Lipinski definition) is 2. The molecule has 13 heavy (non-hydrogen) atoms. The third-order valence-electron chi connectivity index (χ3n) is 1.82. The molecule has 0 unspecified atom stereocenters. The molecule has 1 heterocycles. The second-order valence-corrected chi connectivity index (χ2v) is 3.81. The van der Waals surface area contributed by atoms with Crippen LogP contribution in [0.1, 0.15) is 5.56 Å². The van der Waals surface area contributed by atoms with Gasteiger partial charge in [-0.3, -0.25) is 4.79 Å². The fourth-order valence-electron chi connectivity index (χ4n) is 1.26. The van der Waals surface area contributed by atoms with Crippen LogP contribution in [-0.4, -0.2) is 12.5 Å². The van der Waals surface area contributed by atoms with E-state index in [0.717, 1.165) is 21.5 Å². The van der Waals surface area contributed by atoms with Crippen molar-refractivity contribution >= 4 is 27.5 Å². The molecule has 0 atom stereocenters. The van der Waals surface area contributed by atoms with E-state index < -0.39 is 0 Å². The lowest BCUT2D eigenvalue weighted by molar-refractivity contribution is -0.118. The minimum atomic E-state index is -0.114. The standard InChI is InChI=1S/C9H8BrNO2/c1-5-2-6(10)9-7(3-5)13-4-8(12)11-9/h2-3H,4H2,1H3,(H,11,12). The summed E-state index contributed by atoms with van der Waals surface area (Å²) in [5, 5.41) is 2.74. The van der Waals surface area contributed by atoms with E-state index in [0.29, 0.717) is 0 Å². The third-order valence-corrected chi connectivity index (χ3v) is 2.45. The van der Waals surface area contributed by atoms with Crippen LogP contribution >= 0.6 is 15.9 Å². The quantitative estimate of drug-likeness (QED) is 0.756. The number of hydrogen-bond donors (Lipinski definition) is 1. The van der Waals surface area contributed by atoms with E-state index in [1.807, 2.05) is 19.1 Å². The Balaban J connectivity index is 2.53. The first-order valence-electron chi connectivity index (χ1n) is 3.89. The lowest BCUT2D eigenvalue weighted by atomic mass is 10.2. The van der Waals surface area contributed by atoms with Gasteiger partial charge in [-0.25, -0.2) is 0 Å². The number of carbonyl (C=O) groups is 1. The van der Waals surface area contributed by atoms with Crippen LogP contribution in [0.3, 0.4) is 0 Å². The molecule has 0 aromatic heterocycles. The van der Waals surface area contributed by atoms with Gasteiger partial charge in [-0.1, -0.05) is 0 Å². The van der Waals surface area contributed by atoms with Gasteiger partial charge in [-0.2, -0.15) is 0 Å². The van der Waals surface area contributed by atoms with Gasteiger partial charge in [0.05, 0.1) is 5.69 Å². The van der Waals surface area contributed by atoms with Crippen LogP contribution in [0.15, 0.2) is 16.6 Å².